The van der Waals surface area contributed by atoms with Crippen molar-refractivity contribution in [3.8, 4) is 6.07 Å². The fourth-order valence-corrected chi connectivity index (χ4v) is 3.46. The highest BCUT2D eigenvalue weighted by Crippen LogP contribution is 2.05. The fraction of sp³-hybridized carbons (Fsp3) is 0.280. The van der Waals surface area contributed by atoms with Crippen LogP contribution in [-0.4, -0.2) is 16.3 Å². The first kappa shape index (κ1) is 22.2. The summed E-state index contributed by atoms with van der Waals surface area (Å²) in [6.07, 6.45) is 6.55. The summed E-state index contributed by atoms with van der Waals surface area (Å²) in [6, 6.07) is 19.5. The van der Waals surface area contributed by atoms with E-state index in [-0.39, 0.29) is 5.92 Å². The molecule has 3 nitrogen and oxygen atoms in total. The van der Waals surface area contributed by atoms with E-state index in [4.69, 9.17) is 5.26 Å². The SMILES string of the molecule is C=CCB(c1ccccc1C)c1ccccc1C.Cc1cncn1CC(C)C#N. The molecule has 0 aliphatic heterocycles. The molecule has 0 amide bonds. The maximum atomic E-state index is 8.54. The zero-order valence-corrected chi connectivity index (χ0v) is 18.0. The fourth-order valence-electron chi connectivity index (χ4n) is 3.46. The molecule has 3 rings (SSSR count). The summed E-state index contributed by atoms with van der Waals surface area (Å²) in [5.41, 5.74) is 6.63. The summed E-state index contributed by atoms with van der Waals surface area (Å²) in [5, 5.41) is 8.54. The molecule has 148 valence electrons. The van der Waals surface area contributed by atoms with E-state index in [0.29, 0.717) is 6.71 Å². The van der Waals surface area contributed by atoms with Gasteiger partial charge in [-0.2, -0.15) is 5.26 Å². The highest BCUT2D eigenvalue weighted by atomic mass is 15.0. The van der Waals surface area contributed by atoms with Gasteiger partial charge in [-0.15, -0.1) is 6.58 Å². The van der Waals surface area contributed by atoms with Crippen molar-refractivity contribution < 1.29 is 0 Å². The van der Waals surface area contributed by atoms with Crippen LogP contribution in [0.1, 0.15) is 23.7 Å². The number of allylic oxidation sites excluding steroid dienone is 1. The van der Waals surface area contributed by atoms with Crippen LogP contribution < -0.4 is 10.9 Å². The maximum Gasteiger partial charge on any atom is 0.213 e. The second-order valence-electron chi connectivity index (χ2n) is 7.51. The van der Waals surface area contributed by atoms with Crippen molar-refractivity contribution in [1.82, 2.24) is 9.55 Å². The number of hydrogen-bond acceptors (Lipinski definition) is 2. The van der Waals surface area contributed by atoms with E-state index in [1.165, 1.54) is 22.1 Å². The third-order valence-corrected chi connectivity index (χ3v) is 5.14. The van der Waals surface area contributed by atoms with Gasteiger partial charge in [-0.1, -0.05) is 76.7 Å². The normalized spacial score (nSPS) is 11.0. The number of rotatable bonds is 6. The molecule has 0 N–H and O–H groups in total. The van der Waals surface area contributed by atoms with Gasteiger partial charge in [0.1, 0.15) is 0 Å². The standard InChI is InChI=1S/C17H19B.C8H11N3/c1-4-13-18(16-11-7-5-9-14(16)2)17-12-8-6-10-15(17)3;1-7(3-9)5-11-6-10-4-8(11)2/h4-12H,1,13H2,2-3H3;4,6-7H,5H2,1-2H3. The summed E-state index contributed by atoms with van der Waals surface area (Å²) < 4.78 is 1.98. The molecule has 4 heteroatoms. The summed E-state index contributed by atoms with van der Waals surface area (Å²) >= 11 is 0. The number of aromatic nitrogens is 2. The van der Waals surface area contributed by atoms with Gasteiger partial charge in [0, 0.05) is 18.4 Å². The first-order chi connectivity index (χ1) is 14.0. The van der Waals surface area contributed by atoms with Crippen LogP contribution in [0, 0.1) is 38.0 Å². The Labute approximate surface area is 175 Å². The summed E-state index contributed by atoms with van der Waals surface area (Å²) in [5.74, 6) is 0.0582. The lowest BCUT2D eigenvalue weighted by atomic mass is 9.37. The van der Waals surface area contributed by atoms with E-state index in [0.717, 1.165) is 18.6 Å². The minimum absolute atomic E-state index is 0.0582. The van der Waals surface area contributed by atoms with Crippen molar-refractivity contribution in [3.05, 3.63) is 90.5 Å². The number of aryl methyl sites for hydroxylation is 3. The maximum absolute atomic E-state index is 8.54. The Morgan fingerprint density at radius 3 is 2.03 bits per heavy atom. The molecule has 0 aliphatic carbocycles. The van der Waals surface area contributed by atoms with Crippen LogP contribution in [0.2, 0.25) is 6.32 Å². The van der Waals surface area contributed by atoms with Crippen molar-refractivity contribution in [2.24, 2.45) is 5.92 Å². The molecule has 0 saturated carbocycles. The zero-order valence-electron chi connectivity index (χ0n) is 18.0. The number of benzene rings is 2. The monoisotopic (exact) mass is 383 g/mol. The van der Waals surface area contributed by atoms with E-state index in [1.54, 1.807) is 12.5 Å². The third-order valence-electron chi connectivity index (χ3n) is 5.14. The predicted octanol–water partition coefficient (Wildman–Crippen LogP) is 4.45. The average molecular weight is 383 g/mol. The molecule has 2 aromatic carbocycles. The van der Waals surface area contributed by atoms with Gasteiger partial charge in [0.2, 0.25) is 6.71 Å². The summed E-state index contributed by atoms with van der Waals surface area (Å²) in [7, 11) is 0. The second kappa shape index (κ2) is 11.1. The molecule has 0 bridgehead atoms. The Bertz CT molecular complexity index is 922. The molecule has 1 aromatic heterocycles. The highest BCUT2D eigenvalue weighted by Gasteiger charge is 2.20. The molecule has 0 aliphatic rings. The van der Waals surface area contributed by atoms with E-state index < -0.39 is 0 Å². The van der Waals surface area contributed by atoms with Crippen LogP contribution >= 0.6 is 0 Å². The number of imidazole rings is 1. The topological polar surface area (TPSA) is 41.6 Å². The van der Waals surface area contributed by atoms with Gasteiger partial charge in [0.05, 0.1) is 18.3 Å². The Balaban J connectivity index is 0.000000234. The minimum Gasteiger partial charge on any atom is -0.334 e. The Kier molecular flexibility index (Phi) is 8.49. The van der Waals surface area contributed by atoms with E-state index in [9.17, 15) is 0 Å². The molecule has 1 heterocycles. The van der Waals surface area contributed by atoms with Crippen LogP contribution in [0.25, 0.3) is 0 Å². The second-order valence-corrected chi connectivity index (χ2v) is 7.51. The molecule has 3 aromatic rings. The van der Waals surface area contributed by atoms with E-state index in [2.05, 4.69) is 80.0 Å². The third kappa shape index (κ3) is 6.22. The van der Waals surface area contributed by atoms with Crippen LogP contribution in [-0.2, 0) is 6.54 Å². The largest absolute Gasteiger partial charge is 0.334 e. The van der Waals surface area contributed by atoms with Gasteiger partial charge in [0.25, 0.3) is 0 Å². The number of nitriles is 1. The Hall–Kier alpha value is -3.06. The Morgan fingerprint density at radius 1 is 1.07 bits per heavy atom. The quantitative estimate of drug-likeness (QED) is 0.466. The minimum atomic E-state index is 0.0582. The average Bonchev–Trinajstić information content (AvgIpc) is 3.12. The molecule has 0 spiro atoms. The van der Waals surface area contributed by atoms with Crippen LogP contribution in [0.3, 0.4) is 0 Å². The Morgan fingerprint density at radius 2 is 1.62 bits per heavy atom. The van der Waals surface area contributed by atoms with E-state index in [1.807, 2.05) is 24.5 Å². The van der Waals surface area contributed by atoms with Gasteiger partial charge in [0.15, 0.2) is 0 Å². The molecule has 1 atom stereocenters. The first-order valence-corrected chi connectivity index (χ1v) is 10.1. The molecule has 29 heavy (non-hydrogen) atoms. The lowest BCUT2D eigenvalue weighted by molar-refractivity contribution is 0.569. The molecule has 1 unspecified atom stereocenters. The highest BCUT2D eigenvalue weighted by molar-refractivity contribution is 6.86. The zero-order chi connectivity index (χ0) is 21.2. The van der Waals surface area contributed by atoms with Gasteiger partial charge in [-0.3, -0.25) is 0 Å². The van der Waals surface area contributed by atoms with Crippen molar-refractivity contribution in [1.29, 1.82) is 5.26 Å². The van der Waals surface area contributed by atoms with Crippen molar-refractivity contribution in [2.75, 3.05) is 0 Å². The molecule has 0 radical (unpaired) electrons. The number of nitrogens with zero attached hydrogens (tertiary/aromatic N) is 3. The van der Waals surface area contributed by atoms with Gasteiger partial charge in [-0.05, 0) is 34.0 Å². The van der Waals surface area contributed by atoms with Gasteiger partial charge >= 0.3 is 0 Å². The van der Waals surface area contributed by atoms with Crippen molar-refractivity contribution in [2.45, 2.75) is 40.6 Å². The molecule has 0 fully saturated rings. The van der Waals surface area contributed by atoms with Crippen molar-refractivity contribution >= 4 is 17.6 Å². The smallest absolute Gasteiger partial charge is 0.213 e. The summed E-state index contributed by atoms with van der Waals surface area (Å²) in [4.78, 5) is 3.96. The molecule has 0 saturated heterocycles. The van der Waals surface area contributed by atoms with Gasteiger partial charge < -0.3 is 4.57 Å². The molecular weight excluding hydrogens is 353 g/mol. The van der Waals surface area contributed by atoms with Crippen molar-refractivity contribution in [3.63, 3.8) is 0 Å². The molecular formula is C25H30BN3. The first-order valence-electron chi connectivity index (χ1n) is 10.1. The lowest BCUT2D eigenvalue weighted by Gasteiger charge is -2.17. The van der Waals surface area contributed by atoms with Gasteiger partial charge in [-0.25, -0.2) is 4.98 Å². The van der Waals surface area contributed by atoms with Crippen LogP contribution in [0.15, 0.2) is 73.7 Å². The van der Waals surface area contributed by atoms with Crippen LogP contribution in [0.5, 0.6) is 0 Å². The lowest BCUT2D eigenvalue weighted by Crippen LogP contribution is -2.44. The predicted molar refractivity (Wildman–Crippen MR) is 124 cm³/mol. The summed E-state index contributed by atoms with van der Waals surface area (Å²) in [6.45, 7) is 13.3. The number of hydrogen-bond donors (Lipinski definition) is 0. The van der Waals surface area contributed by atoms with Crippen LogP contribution in [0.4, 0.5) is 0 Å². The van der Waals surface area contributed by atoms with E-state index >= 15 is 0 Å².